The van der Waals surface area contributed by atoms with Crippen LogP contribution in [0.1, 0.15) is 0 Å². The maximum Gasteiger partial charge on any atom is 0.275 e. The molecule has 5 nitrogen and oxygen atoms in total. The van der Waals surface area contributed by atoms with E-state index in [-0.39, 0.29) is 5.24 Å². The van der Waals surface area contributed by atoms with Gasteiger partial charge in [0.25, 0.3) is 10.5 Å². The predicted molar refractivity (Wildman–Crippen MR) is 50.2 cm³/mol. The topological polar surface area (TPSA) is 92.4 Å². The van der Waals surface area contributed by atoms with Gasteiger partial charge in [0.1, 0.15) is 0 Å². The highest BCUT2D eigenvalue weighted by Gasteiger charge is 1.74. The van der Waals surface area contributed by atoms with Crippen molar-refractivity contribution in [3.8, 4) is 0 Å². The van der Waals surface area contributed by atoms with Gasteiger partial charge in [-0.3, -0.25) is 9.59 Å². The molecule has 4 N–H and O–H groups in total. The molecule has 0 aliphatic heterocycles. The number of carbonyl (C=O) groups is 2. The van der Waals surface area contributed by atoms with Gasteiger partial charge < -0.3 is 16.2 Å². The first kappa shape index (κ1) is 16.9. The first-order valence-electron chi connectivity index (χ1n) is 2.34. The summed E-state index contributed by atoms with van der Waals surface area (Å²) in [6.07, 6.45) is 0. The number of nitrogens with one attached hydrogen (secondary N) is 1. The molecule has 0 saturated carbocycles. The lowest BCUT2D eigenvalue weighted by molar-refractivity contribution is 0.262. The van der Waals surface area contributed by atoms with Crippen molar-refractivity contribution in [3.63, 3.8) is 0 Å². The van der Waals surface area contributed by atoms with Crippen LogP contribution in [-0.2, 0) is 0 Å². The van der Waals surface area contributed by atoms with Crippen molar-refractivity contribution >= 4 is 35.7 Å². The largest absolute Gasteiger partial charge is 0.400 e. The summed E-state index contributed by atoms with van der Waals surface area (Å²) >= 11 is 6.45. The van der Waals surface area contributed by atoms with E-state index in [0.717, 1.165) is 7.11 Å². The highest BCUT2D eigenvalue weighted by Crippen LogP contribution is 1.67. The van der Waals surface area contributed by atoms with Gasteiger partial charge in [0, 0.05) is 14.2 Å². The monoisotopic (exact) mass is 200 g/mol. The summed E-state index contributed by atoms with van der Waals surface area (Å²) in [6.45, 7) is 0. The van der Waals surface area contributed by atoms with Crippen LogP contribution in [0.25, 0.3) is 0 Å². The van der Waals surface area contributed by atoms with Crippen molar-refractivity contribution in [3.05, 3.63) is 0 Å². The first-order chi connectivity index (χ1) is 5.00. The minimum atomic E-state index is -0.639. The summed E-state index contributed by atoms with van der Waals surface area (Å²) in [5.74, 6) is 0. The number of hydrogen-bond donors (Lipinski definition) is 5. The van der Waals surface area contributed by atoms with Crippen LogP contribution < -0.4 is 11.1 Å². The fourth-order valence-electron chi connectivity index (χ4n) is 0. The van der Waals surface area contributed by atoms with E-state index in [2.05, 4.69) is 36.3 Å². The number of carbonyl (C=O) groups excluding carboxylic acids is 2. The van der Waals surface area contributed by atoms with E-state index in [1.54, 1.807) is 0 Å². The average Bonchev–Trinajstić information content (AvgIpc) is 1.91. The molecule has 0 unspecified atom stereocenters. The molecule has 0 aliphatic carbocycles. The maximum atomic E-state index is 9.57. The SMILES string of the molecule is CNC(=O)S.CO.NC(=O)S. The molecule has 7 heteroatoms. The van der Waals surface area contributed by atoms with Crippen LogP contribution in [0.4, 0.5) is 9.59 Å². The van der Waals surface area contributed by atoms with Gasteiger partial charge in [0.05, 0.1) is 0 Å². The van der Waals surface area contributed by atoms with Gasteiger partial charge in [0.15, 0.2) is 0 Å². The Morgan fingerprint density at radius 2 is 1.45 bits per heavy atom. The molecule has 0 atom stereocenters. The van der Waals surface area contributed by atoms with Crippen molar-refractivity contribution in [2.75, 3.05) is 14.2 Å². The molecule has 0 fully saturated rings. The Hall–Kier alpha value is -0.400. The van der Waals surface area contributed by atoms with E-state index in [1.807, 2.05) is 0 Å². The standard InChI is InChI=1S/C2H5NOS.CH3NOS.CH4O/c1-3-2(4)5;2-1(3)4;1-2/h1H3,(H2,3,4,5);(H3,2,3,4);2H,1H3. The lowest BCUT2D eigenvalue weighted by atomic mass is 11.2. The third-order valence-corrected chi connectivity index (χ3v) is 0.437. The molecule has 0 aromatic heterocycles. The second-order valence-corrected chi connectivity index (χ2v) is 1.74. The molecule has 0 rings (SSSR count). The molecular weight excluding hydrogens is 188 g/mol. The van der Waals surface area contributed by atoms with Crippen molar-refractivity contribution in [1.29, 1.82) is 0 Å². The predicted octanol–water partition coefficient (Wildman–Crippen LogP) is -0.141. The van der Waals surface area contributed by atoms with Crippen LogP contribution in [0.15, 0.2) is 0 Å². The molecule has 2 amide bonds. The van der Waals surface area contributed by atoms with Crippen LogP contribution >= 0.6 is 25.3 Å². The van der Waals surface area contributed by atoms with Gasteiger partial charge in [-0.25, -0.2) is 0 Å². The molecule has 0 aromatic carbocycles. The van der Waals surface area contributed by atoms with Gasteiger partial charge in [-0.2, -0.15) is 0 Å². The summed E-state index contributed by atoms with van der Waals surface area (Å²) in [5.41, 5.74) is 4.34. The third-order valence-electron chi connectivity index (χ3n) is 0.214. The van der Waals surface area contributed by atoms with Crippen molar-refractivity contribution in [2.24, 2.45) is 5.73 Å². The van der Waals surface area contributed by atoms with Crippen LogP contribution in [0.5, 0.6) is 0 Å². The van der Waals surface area contributed by atoms with E-state index in [0.29, 0.717) is 0 Å². The zero-order chi connectivity index (χ0) is 9.86. The number of primary amides is 1. The Morgan fingerprint density at radius 3 is 1.45 bits per heavy atom. The zero-order valence-electron chi connectivity index (χ0n) is 6.24. The Bertz CT molecular complexity index is 106. The Balaban J connectivity index is -0.0000000965. The van der Waals surface area contributed by atoms with E-state index < -0.39 is 5.24 Å². The fourth-order valence-corrected chi connectivity index (χ4v) is 0. The second-order valence-electron chi connectivity index (χ2n) is 0.893. The number of hydrogen-bond acceptors (Lipinski definition) is 3. The number of amides is 2. The van der Waals surface area contributed by atoms with E-state index >= 15 is 0 Å². The molecular formula is C4H12N2O3S2. The normalized spacial score (nSPS) is 5.91. The molecule has 0 radical (unpaired) electrons. The van der Waals surface area contributed by atoms with Gasteiger partial charge >= 0.3 is 0 Å². The number of aliphatic hydroxyl groups is 1. The van der Waals surface area contributed by atoms with Crippen molar-refractivity contribution in [1.82, 2.24) is 5.32 Å². The summed E-state index contributed by atoms with van der Waals surface area (Å²) < 4.78 is 0. The van der Waals surface area contributed by atoms with E-state index in [1.165, 1.54) is 7.05 Å². The second kappa shape index (κ2) is 16.3. The smallest absolute Gasteiger partial charge is 0.275 e. The van der Waals surface area contributed by atoms with Gasteiger partial charge in [-0.05, 0) is 0 Å². The number of aliphatic hydroxyl groups excluding tert-OH is 1. The summed E-state index contributed by atoms with van der Waals surface area (Å²) in [7, 11) is 2.52. The molecule has 0 saturated heterocycles. The molecule has 0 bridgehead atoms. The molecule has 0 aromatic rings. The molecule has 0 spiro atoms. The number of nitrogens with two attached hydrogens (primary N) is 1. The Morgan fingerprint density at radius 1 is 1.36 bits per heavy atom. The quantitative estimate of drug-likeness (QED) is 0.352. The van der Waals surface area contributed by atoms with E-state index in [9.17, 15) is 4.79 Å². The summed E-state index contributed by atoms with van der Waals surface area (Å²) in [6, 6.07) is 0. The Labute approximate surface area is 76.2 Å². The highest BCUT2D eigenvalue weighted by molar-refractivity contribution is 7.96. The van der Waals surface area contributed by atoms with Crippen LogP contribution in [0, 0.1) is 0 Å². The minimum Gasteiger partial charge on any atom is -0.400 e. The number of thiol groups is 2. The minimum absolute atomic E-state index is 0.301. The van der Waals surface area contributed by atoms with Gasteiger partial charge in [0.2, 0.25) is 0 Å². The van der Waals surface area contributed by atoms with Crippen LogP contribution in [0.2, 0.25) is 0 Å². The first-order valence-corrected chi connectivity index (χ1v) is 3.24. The lowest BCUT2D eigenvalue weighted by Gasteiger charge is -1.78. The van der Waals surface area contributed by atoms with Gasteiger partial charge in [-0.1, -0.05) is 25.3 Å². The third kappa shape index (κ3) is 217. The fraction of sp³-hybridized carbons (Fsp3) is 0.500. The molecule has 68 valence electrons. The molecule has 0 heterocycles. The summed E-state index contributed by atoms with van der Waals surface area (Å²) in [4.78, 5) is 18.7. The summed E-state index contributed by atoms with van der Waals surface area (Å²) in [5, 5.41) is 8.31. The van der Waals surface area contributed by atoms with Crippen molar-refractivity contribution in [2.45, 2.75) is 0 Å². The number of rotatable bonds is 0. The Kier molecular flexibility index (Phi) is 25.1. The lowest BCUT2D eigenvalue weighted by Crippen LogP contribution is -2.06. The molecule has 0 aliphatic rings. The average molecular weight is 200 g/mol. The zero-order valence-corrected chi connectivity index (χ0v) is 8.02. The maximum absolute atomic E-state index is 9.57. The van der Waals surface area contributed by atoms with Crippen LogP contribution in [0.3, 0.4) is 0 Å². The highest BCUT2D eigenvalue weighted by atomic mass is 32.1. The molecule has 11 heavy (non-hydrogen) atoms. The van der Waals surface area contributed by atoms with Crippen molar-refractivity contribution < 1.29 is 14.7 Å². The van der Waals surface area contributed by atoms with E-state index in [4.69, 9.17) is 9.90 Å². The van der Waals surface area contributed by atoms with Crippen LogP contribution in [-0.4, -0.2) is 29.7 Å². The van der Waals surface area contributed by atoms with Gasteiger partial charge in [-0.15, -0.1) is 0 Å².